The van der Waals surface area contributed by atoms with Gasteiger partial charge in [0.1, 0.15) is 5.75 Å². The molecule has 1 radical (unpaired) electrons. The van der Waals surface area contributed by atoms with Crippen molar-refractivity contribution in [3.8, 4) is 5.75 Å². The molecule has 1 aliphatic heterocycles. The zero-order valence-electron chi connectivity index (χ0n) is 9.52. The molecule has 0 bridgehead atoms. The van der Waals surface area contributed by atoms with Crippen LogP contribution in [0.3, 0.4) is 0 Å². The van der Waals surface area contributed by atoms with E-state index in [9.17, 15) is 0 Å². The molecule has 0 atom stereocenters. The van der Waals surface area contributed by atoms with Gasteiger partial charge in [0.2, 0.25) is 0 Å². The first-order chi connectivity index (χ1) is 7.95. The van der Waals surface area contributed by atoms with Gasteiger partial charge in [0.05, 0.1) is 19.8 Å². The van der Waals surface area contributed by atoms with Gasteiger partial charge in [-0.1, -0.05) is 18.2 Å². The Morgan fingerprint density at radius 1 is 1.31 bits per heavy atom. The maximum Gasteiger partial charge on any atom is 0.127 e. The van der Waals surface area contributed by atoms with Crippen LogP contribution in [0.2, 0.25) is 0 Å². The van der Waals surface area contributed by atoms with Crippen LogP contribution in [0.15, 0.2) is 24.3 Å². The summed E-state index contributed by atoms with van der Waals surface area (Å²) in [6.45, 7) is 5.70. The first-order valence-electron chi connectivity index (χ1n) is 5.85. The molecule has 2 rings (SSSR count). The lowest BCUT2D eigenvalue weighted by atomic mass is 10.3. The van der Waals surface area contributed by atoms with Crippen molar-refractivity contribution in [1.29, 1.82) is 0 Å². The minimum absolute atomic E-state index is 0.762. The molecule has 0 spiro atoms. The summed E-state index contributed by atoms with van der Waals surface area (Å²) in [5, 5.41) is 0. The van der Waals surface area contributed by atoms with Gasteiger partial charge >= 0.3 is 0 Å². The van der Waals surface area contributed by atoms with E-state index >= 15 is 0 Å². The molecule has 1 aromatic carbocycles. The van der Waals surface area contributed by atoms with Gasteiger partial charge in [-0.3, -0.25) is 4.90 Å². The van der Waals surface area contributed by atoms with Crippen LogP contribution >= 0.6 is 0 Å². The first-order valence-corrected chi connectivity index (χ1v) is 5.85. The molecule has 0 aromatic heterocycles. The maximum absolute atomic E-state index is 5.58. The highest BCUT2D eigenvalue weighted by atomic mass is 16.5. The summed E-state index contributed by atoms with van der Waals surface area (Å²) in [7, 11) is 0. The second-order valence-corrected chi connectivity index (χ2v) is 3.88. The van der Waals surface area contributed by atoms with Crippen LogP contribution in [0.1, 0.15) is 6.42 Å². The summed E-state index contributed by atoms with van der Waals surface area (Å²) in [5.41, 5.74) is 0. The van der Waals surface area contributed by atoms with E-state index in [4.69, 9.17) is 9.47 Å². The van der Waals surface area contributed by atoms with Gasteiger partial charge in [-0.15, -0.1) is 0 Å². The number of para-hydroxylation sites is 1. The van der Waals surface area contributed by atoms with Crippen molar-refractivity contribution in [3.05, 3.63) is 30.3 Å². The van der Waals surface area contributed by atoms with Gasteiger partial charge in [0.25, 0.3) is 0 Å². The third kappa shape index (κ3) is 3.83. The fourth-order valence-corrected chi connectivity index (χ4v) is 1.76. The summed E-state index contributed by atoms with van der Waals surface area (Å²) < 4.78 is 10.9. The monoisotopic (exact) mass is 220 g/mol. The lowest BCUT2D eigenvalue weighted by molar-refractivity contribution is 0.0358. The minimum atomic E-state index is 0.762. The van der Waals surface area contributed by atoms with Gasteiger partial charge in [-0.25, -0.2) is 0 Å². The number of benzene rings is 1. The summed E-state index contributed by atoms with van der Waals surface area (Å²) in [4.78, 5) is 2.42. The first kappa shape index (κ1) is 11.4. The van der Waals surface area contributed by atoms with E-state index in [0.717, 1.165) is 51.6 Å². The van der Waals surface area contributed by atoms with E-state index in [1.807, 2.05) is 24.3 Å². The van der Waals surface area contributed by atoms with Crippen LogP contribution in [-0.4, -0.2) is 44.4 Å². The Balaban J connectivity index is 1.58. The maximum atomic E-state index is 5.58. The second kappa shape index (κ2) is 6.51. The third-order valence-corrected chi connectivity index (χ3v) is 2.66. The van der Waals surface area contributed by atoms with E-state index < -0.39 is 0 Å². The number of morpholine rings is 1. The Bertz CT molecular complexity index is 283. The highest BCUT2D eigenvalue weighted by Crippen LogP contribution is 2.07. The molecular weight excluding hydrogens is 202 g/mol. The molecular formula is C13H18NO2. The van der Waals surface area contributed by atoms with Gasteiger partial charge in [-0.05, 0) is 12.5 Å². The average molecular weight is 220 g/mol. The van der Waals surface area contributed by atoms with Crippen molar-refractivity contribution in [2.24, 2.45) is 0 Å². The molecule has 0 N–H and O–H groups in total. The summed E-state index contributed by atoms with van der Waals surface area (Å²) in [5.74, 6) is 0.837. The SMILES string of the molecule is [c]1ccccc1OCCCN1CCOCC1. The van der Waals surface area contributed by atoms with Gasteiger partial charge in [0.15, 0.2) is 0 Å². The standard InChI is InChI=1S/C13H18NO2/c1-2-5-13(6-3-1)16-10-4-7-14-8-11-15-12-9-14/h1-3,5H,4,7-12H2. The molecule has 3 heteroatoms. The molecule has 87 valence electrons. The molecule has 16 heavy (non-hydrogen) atoms. The lowest BCUT2D eigenvalue weighted by Gasteiger charge is -2.26. The van der Waals surface area contributed by atoms with Crippen molar-refractivity contribution < 1.29 is 9.47 Å². The Labute approximate surface area is 97.0 Å². The molecule has 0 aliphatic carbocycles. The van der Waals surface area contributed by atoms with E-state index in [1.54, 1.807) is 0 Å². The van der Waals surface area contributed by atoms with Gasteiger partial charge < -0.3 is 9.47 Å². The third-order valence-electron chi connectivity index (χ3n) is 2.66. The lowest BCUT2D eigenvalue weighted by Crippen LogP contribution is -2.37. The Hall–Kier alpha value is -1.06. The van der Waals surface area contributed by atoms with Crippen LogP contribution in [0.4, 0.5) is 0 Å². The number of nitrogens with zero attached hydrogens (tertiary/aromatic N) is 1. The molecule has 0 unspecified atom stereocenters. The van der Waals surface area contributed by atoms with Crippen LogP contribution in [0.5, 0.6) is 5.75 Å². The molecule has 0 saturated carbocycles. The zero-order valence-corrected chi connectivity index (χ0v) is 9.52. The zero-order chi connectivity index (χ0) is 11.1. The van der Waals surface area contributed by atoms with Gasteiger partial charge in [0, 0.05) is 25.7 Å². The Morgan fingerprint density at radius 2 is 2.19 bits per heavy atom. The molecule has 1 heterocycles. The van der Waals surface area contributed by atoms with Crippen molar-refractivity contribution in [1.82, 2.24) is 4.90 Å². The number of rotatable bonds is 5. The molecule has 1 fully saturated rings. The largest absolute Gasteiger partial charge is 0.493 e. The summed E-state index contributed by atoms with van der Waals surface area (Å²) in [6.07, 6.45) is 1.06. The normalized spacial score (nSPS) is 17.2. The quantitative estimate of drug-likeness (QED) is 0.703. The van der Waals surface area contributed by atoms with E-state index in [0.29, 0.717) is 0 Å². The number of ether oxygens (including phenoxy) is 2. The van der Waals surface area contributed by atoms with Crippen LogP contribution in [-0.2, 0) is 4.74 Å². The van der Waals surface area contributed by atoms with Crippen LogP contribution in [0, 0.1) is 6.07 Å². The Morgan fingerprint density at radius 3 is 2.94 bits per heavy atom. The van der Waals surface area contributed by atoms with Crippen molar-refractivity contribution in [2.75, 3.05) is 39.5 Å². The van der Waals surface area contributed by atoms with Crippen LogP contribution in [0.25, 0.3) is 0 Å². The van der Waals surface area contributed by atoms with Crippen molar-refractivity contribution in [2.45, 2.75) is 6.42 Å². The fraction of sp³-hybridized carbons (Fsp3) is 0.538. The summed E-state index contributed by atoms with van der Waals surface area (Å²) >= 11 is 0. The molecule has 0 amide bonds. The molecule has 1 aliphatic rings. The highest BCUT2D eigenvalue weighted by molar-refractivity contribution is 5.19. The predicted octanol–water partition coefficient (Wildman–Crippen LogP) is 1.59. The van der Waals surface area contributed by atoms with Crippen LogP contribution < -0.4 is 4.74 Å². The molecule has 3 nitrogen and oxygen atoms in total. The smallest absolute Gasteiger partial charge is 0.127 e. The molecule has 1 saturated heterocycles. The van der Waals surface area contributed by atoms with Crippen molar-refractivity contribution >= 4 is 0 Å². The van der Waals surface area contributed by atoms with E-state index in [2.05, 4.69) is 11.0 Å². The average Bonchev–Trinajstić information content (AvgIpc) is 2.37. The van der Waals surface area contributed by atoms with Crippen molar-refractivity contribution in [3.63, 3.8) is 0 Å². The number of hydrogen-bond acceptors (Lipinski definition) is 3. The van der Waals surface area contributed by atoms with E-state index in [-0.39, 0.29) is 0 Å². The van der Waals surface area contributed by atoms with Gasteiger partial charge in [-0.2, -0.15) is 0 Å². The second-order valence-electron chi connectivity index (χ2n) is 3.88. The number of hydrogen-bond donors (Lipinski definition) is 0. The summed E-state index contributed by atoms with van der Waals surface area (Å²) in [6, 6.07) is 10.8. The topological polar surface area (TPSA) is 21.7 Å². The fourth-order valence-electron chi connectivity index (χ4n) is 1.76. The molecule has 1 aromatic rings. The minimum Gasteiger partial charge on any atom is -0.493 e. The highest BCUT2D eigenvalue weighted by Gasteiger charge is 2.09. The van der Waals surface area contributed by atoms with E-state index in [1.165, 1.54) is 0 Å². The Kier molecular flexibility index (Phi) is 4.65. The predicted molar refractivity (Wildman–Crippen MR) is 62.6 cm³/mol.